The fraction of sp³-hybridized carbons (Fsp3) is 0.400. The Kier molecular flexibility index (Phi) is 4.33. The summed E-state index contributed by atoms with van der Waals surface area (Å²) in [7, 11) is 0. The van der Waals surface area contributed by atoms with Crippen molar-refractivity contribution in [3.05, 3.63) is 40.1 Å². The summed E-state index contributed by atoms with van der Waals surface area (Å²) in [4.78, 5) is 22.6. The van der Waals surface area contributed by atoms with Crippen molar-refractivity contribution in [1.29, 1.82) is 0 Å². The third kappa shape index (κ3) is 3.41. The largest absolute Gasteiger partial charge is 0.458 e. The highest BCUT2D eigenvalue weighted by molar-refractivity contribution is 7.12. The lowest BCUT2D eigenvalue weighted by Crippen LogP contribution is -2.44. The Morgan fingerprint density at radius 3 is 2.91 bits per heavy atom. The van der Waals surface area contributed by atoms with Gasteiger partial charge in [0.25, 0.3) is 5.91 Å². The van der Waals surface area contributed by atoms with Crippen LogP contribution < -0.4 is 4.74 Å². The number of aryl methyl sites for hydroxylation is 1. The van der Waals surface area contributed by atoms with Gasteiger partial charge in [0.1, 0.15) is 6.10 Å². The summed E-state index contributed by atoms with van der Waals surface area (Å²) in [6.45, 7) is 3.19. The summed E-state index contributed by atoms with van der Waals surface area (Å²) >= 11 is 1.46. The van der Waals surface area contributed by atoms with E-state index in [0.717, 1.165) is 42.2 Å². The van der Waals surface area contributed by atoms with E-state index in [9.17, 15) is 9.18 Å². The number of piperidine rings is 1. The summed E-state index contributed by atoms with van der Waals surface area (Å²) in [5.41, 5.74) is 1.10. The van der Waals surface area contributed by atoms with E-state index < -0.39 is 5.82 Å². The van der Waals surface area contributed by atoms with E-state index in [1.807, 2.05) is 18.4 Å². The van der Waals surface area contributed by atoms with Crippen LogP contribution in [0, 0.1) is 12.7 Å². The van der Waals surface area contributed by atoms with Gasteiger partial charge in [-0.05, 0) is 36.8 Å². The molecule has 1 amide bonds. The predicted molar refractivity (Wildman–Crippen MR) is 80.6 cm³/mol. The Hall–Kier alpha value is -2.02. The van der Waals surface area contributed by atoms with Gasteiger partial charge in [-0.2, -0.15) is 0 Å². The van der Waals surface area contributed by atoms with Gasteiger partial charge in [-0.25, -0.2) is 14.4 Å². The van der Waals surface area contributed by atoms with Crippen molar-refractivity contribution in [2.24, 2.45) is 0 Å². The second-order valence-corrected chi connectivity index (χ2v) is 6.22. The molecule has 0 N–H and O–H groups in total. The van der Waals surface area contributed by atoms with Gasteiger partial charge >= 0.3 is 6.01 Å². The highest BCUT2D eigenvalue weighted by atomic mass is 32.1. The molecule has 0 bridgehead atoms. The number of rotatable bonds is 3. The van der Waals surface area contributed by atoms with Gasteiger partial charge < -0.3 is 9.64 Å². The van der Waals surface area contributed by atoms with Crippen LogP contribution in [0.4, 0.5) is 4.39 Å². The normalized spacial score (nSPS) is 18.3. The molecule has 1 fully saturated rings. The number of hydrogen-bond donors (Lipinski definition) is 0. The van der Waals surface area contributed by atoms with Gasteiger partial charge in [-0.15, -0.1) is 11.3 Å². The summed E-state index contributed by atoms with van der Waals surface area (Å²) in [6, 6.07) is 2.05. The van der Waals surface area contributed by atoms with Gasteiger partial charge in [0, 0.05) is 6.54 Å². The molecule has 2 aromatic rings. The molecule has 1 unspecified atom stereocenters. The van der Waals surface area contributed by atoms with Gasteiger partial charge in [0.05, 0.1) is 23.8 Å². The van der Waals surface area contributed by atoms with Crippen LogP contribution in [-0.2, 0) is 0 Å². The van der Waals surface area contributed by atoms with E-state index in [-0.39, 0.29) is 18.0 Å². The maximum absolute atomic E-state index is 12.8. The second-order valence-electron chi connectivity index (χ2n) is 5.31. The number of aromatic nitrogens is 2. The molecule has 7 heteroatoms. The molecule has 0 aliphatic carbocycles. The Morgan fingerprint density at radius 2 is 2.23 bits per heavy atom. The van der Waals surface area contributed by atoms with Crippen molar-refractivity contribution in [2.45, 2.75) is 25.9 Å². The Labute approximate surface area is 131 Å². The summed E-state index contributed by atoms with van der Waals surface area (Å²) < 4.78 is 18.4. The topological polar surface area (TPSA) is 55.3 Å². The van der Waals surface area contributed by atoms with Crippen molar-refractivity contribution >= 4 is 17.2 Å². The highest BCUT2D eigenvalue weighted by Gasteiger charge is 2.26. The van der Waals surface area contributed by atoms with Crippen LogP contribution in [0.3, 0.4) is 0 Å². The molecule has 1 atom stereocenters. The first-order valence-electron chi connectivity index (χ1n) is 7.10. The molecule has 1 aliphatic heterocycles. The number of hydrogen-bond acceptors (Lipinski definition) is 5. The van der Waals surface area contributed by atoms with Crippen molar-refractivity contribution in [3.63, 3.8) is 0 Å². The Bertz CT molecular complexity index is 659. The Balaban J connectivity index is 1.63. The molecule has 116 valence electrons. The van der Waals surface area contributed by atoms with Crippen LogP contribution in [-0.4, -0.2) is 40.0 Å². The predicted octanol–water partition coefficient (Wildman–Crippen LogP) is 2.67. The number of nitrogens with zero attached hydrogens (tertiary/aromatic N) is 3. The smallest absolute Gasteiger partial charge is 0.316 e. The number of carbonyl (C=O) groups is 1. The third-order valence-electron chi connectivity index (χ3n) is 3.48. The zero-order valence-electron chi connectivity index (χ0n) is 12.2. The molecule has 3 heterocycles. The second kappa shape index (κ2) is 6.39. The molecule has 22 heavy (non-hydrogen) atoms. The number of ether oxygens (including phenoxy) is 1. The summed E-state index contributed by atoms with van der Waals surface area (Å²) in [6.07, 6.45) is 3.67. The lowest BCUT2D eigenvalue weighted by molar-refractivity contribution is 0.0519. The molecular weight excluding hydrogens is 305 g/mol. The van der Waals surface area contributed by atoms with Gasteiger partial charge in [-0.3, -0.25) is 4.79 Å². The van der Waals surface area contributed by atoms with Crippen LogP contribution in [0.1, 0.15) is 28.1 Å². The molecule has 0 saturated carbocycles. The van der Waals surface area contributed by atoms with Gasteiger partial charge in [0.15, 0.2) is 5.82 Å². The molecule has 5 nitrogen and oxygen atoms in total. The zero-order valence-corrected chi connectivity index (χ0v) is 13.0. The molecule has 1 saturated heterocycles. The fourth-order valence-corrected chi connectivity index (χ4v) is 3.29. The summed E-state index contributed by atoms with van der Waals surface area (Å²) in [5, 5.41) is 1.97. The minimum atomic E-state index is -0.499. The van der Waals surface area contributed by atoms with E-state index in [4.69, 9.17) is 4.74 Å². The van der Waals surface area contributed by atoms with Crippen molar-refractivity contribution in [2.75, 3.05) is 13.1 Å². The number of halogens is 1. The maximum Gasteiger partial charge on any atom is 0.316 e. The SMILES string of the molecule is Cc1csc(C(=O)N2CCCC(Oc3ncc(F)cn3)C2)c1. The van der Waals surface area contributed by atoms with Crippen LogP contribution in [0.2, 0.25) is 0 Å². The quantitative estimate of drug-likeness (QED) is 0.872. The lowest BCUT2D eigenvalue weighted by Gasteiger charge is -2.32. The molecule has 0 spiro atoms. The average molecular weight is 321 g/mol. The lowest BCUT2D eigenvalue weighted by atomic mass is 10.1. The van der Waals surface area contributed by atoms with Gasteiger partial charge in [0.2, 0.25) is 0 Å². The number of carbonyl (C=O) groups excluding carboxylic acids is 1. The minimum Gasteiger partial charge on any atom is -0.458 e. The molecule has 1 aliphatic rings. The van der Waals surface area contributed by atoms with E-state index in [1.165, 1.54) is 11.3 Å². The summed E-state index contributed by atoms with van der Waals surface area (Å²) in [5.74, 6) is -0.465. The van der Waals surface area contributed by atoms with E-state index in [0.29, 0.717) is 6.54 Å². The van der Waals surface area contributed by atoms with Crippen LogP contribution in [0.15, 0.2) is 23.8 Å². The molecule has 2 aromatic heterocycles. The number of thiophene rings is 1. The third-order valence-corrected chi connectivity index (χ3v) is 4.51. The fourth-order valence-electron chi connectivity index (χ4n) is 2.43. The number of amides is 1. The first-order valence-corrected chi connectivity index (χ1v) is 7.98. The zero-order chi connectivity index (χ0) is 15.5. The van der Waals surface area contributed by atoms with Gasteiger partial charge in [-0.1, -0.05) is 0 Å². The highest BCUT2D eigenvalue weighted by Crippen LogP contribution is 2.20. The monoisotopic (exact) mass is 321 g/mol. The van der Waals surface area contributed by atoms with Crippen molar-refractivity contribution in [1.82, 2.24) is 14.9 Å². The van der Waals surface area contributed by atoms with Crippen LogP contribution in [0.25, 0.3) is 0 Å². The standard InChI is InChI=1S/C15H16FN3O2S/c1-10-5-13(22-9-10)14(20)19-4-2-3-12(8-19)21-15-17-6-11(16)7-18-15/h5-7,9,12H,2-4,8H2,1H3. The van der Waals surface area contributed by atoms with E-state index in [1.54, 1.807) is 4.90 Å². The molecule has 0 aromatic carbocycles. The van der Waals surface area contributed by atoms with E-state index in [2.05, 4.69) is 9.97 Å². The van der Waals surface area contributed by atoms with Crippen molar-refractivity contribution in [3.8, 4) is 6.01 Å². The Morgan fingerprint density at radius 1 is 1.45 bits per heavy atom. The van der Waals surface area contributed by atoms with Crippen molar-refractivity contribution < 1.29 is 13.9 Å². The maximum atomic E-state index is 12.8. The average Bonchev–Trinajstić information content (AvgIpc) is 2.96. The van der Waals surface area contributed by atoms with Crippen LogP contribution >= 0.6 is 11.3 Å². The van der Waals surface area contributed by atoms with Crippen LogP contribution in [0.5, 0.6) is 6.01 Å². The minimum absolute atomic E-state index is 0.0337. The first kappa shape index (κ1) is 14.9. The molecular formula is C15H16FN3O2S. The first-order chi connectivity index (χ1) is 10.6. The number of likely N-dealkylation sites (tertiary alicyclic amines) is 1. The molecule has 0 radical (unpaired) electrons. The van der Waals surface area contributed by atoms with E-state index >= 15 is 0 Å². The molecule has 3 rings (SSSR count).